The lowest BCUT2D eigenvalue weighted by Crippen LogP contribution is -2.20. The van der Waals surface area contributed by atoms with E-state index in [1.165, 1.54) is 16.8 Å². The van der Waals surface area contributed by atoms with Gasteiger partial charge in [-0.1, -0.05) is 6.07 Å². The van der Waals surface area contributed by atoms with Crippen LogP contribution in [-0.2, 0) is 0 Å². The van der Waals surface area contributed by atoms with E-state index >= 15 is 0 Å². The molecule has 0 unspecified atom stereocenters. The van der Waals surface area contributed by atoms with Gasteiger partial charge in [-0.05, 0) is 50.4 Å². The number of hydrogen-bond acceptors (Lipinski definition) is 3. The van der Waals surface area contributed by atoms with E-state index in [2.05, 4.69) is 37.9 Å². The maximum absolute atomic E-state index is 5.51. The van der Waals surface area contributed by atoms with Crippen LogP contribution in [0.25, 0.3) is 0 Å². The summed E-state index contributed by atoms with van der Waals surface area (Å²) < 4.78 is 5.49. The van der Waals surface area contributed by atoms with Crippen molar-refractivity contribution in [1.82, 2.24) is 0 Å². The van der Waals surface area contributed by atoms with Crippen molar-refractivity contribution in [2.24, 2.45) is 5.73 Å². The lowest BCUT2D eigenvalue weighted by molar-refractivity contribution is 0.411. The number of rotatable bonds is 6. The van der Waals surface area contributed by atoms with Gasteiger partial charge in [0, 0.05) is 13.6 Å². The van der Waals surface area contributed by atoms with Gasteiger partial charge in [0.15, 0.2) is 0 Å². The molecule has 0 fully saturated rings. The van der Waals surface area contributed by atoms with Gasteiger partial charge in [0.05, 0.1) is 12.8 Å². The summed E-state index contributed by atoms with van der Waals surface area (Å²) in [5, 5.41) is 0. The molecular formula is C14H24N2O. The van der Waals surface area contributed by atoms with Gasteiger partial charge in [0.1, 0.15) is 5.75 Å². The molecule has 0 radical (unpaired) electrons. The van der Waals surface area contributed by atoms with Gasteiger partial charge in [0.2, 0.25) is 0 Å². The molecule has 3 heteroatoms. The van der Waals surface area contributed by atoms with Crippen LogP contribution in [0.2, 0.25) is 0 Å². The summed E-state index contributed by atoms with van der Waals surface area (Å²) in [5.41, 5.74) is 9.14. The van der Waals surface area contributed by atoms with Crippen LogP contribution in [0.15, 0.2) is 12.1 Å². The average Bonchev–Trinajstić information content (AvgIpc) is 2.28. The lowest BCUT2D eigenvalue weighted by atomic mass is 10.1. The number of methoxy groups -OCH3 is 1. The zero-order valence-electron chi connectivity index (χ0n) is 11.4. The van der Waals surface area contributed by atoms with Crippen molar-refractivity contribution < 1.29 is 4.74 Å². The van der Waals surface area contributed by atoms with E-state index in [4.69, 9.17) is 10.5 Å². The lowest BCUT2D eigenvalue weighted by Gasteiger charge is -2.23. The third kappa shape index (κ3) is 3.63. The highest BCUT2D eigenvalue weighted by molar-refractivity contribution is 5.63. The van der Waals surface area contributed by atoms with Crippen molar-refractivity contribution in [1.29, 1.82) is 0 Å². The van der Waals surface area contributed by atoms with E-state index in [1.807, 2.05) is 0 Å². The monoisotopic (exact) mass is 236 g/mol. The number of hydrogen-bond donors (Lipinski definition) is 1. The van der Waals surface area contributed by atoms with Gasteiger partial charge < -0.3 is 15.4 Å². The third-order valence-electron chi connectivity index (χ3n) is 2.96. The van der Waals surface area contributed by atoms with Crippen LogP contribution in [0.1, 0.15) is 24.0 Å². The Morgan fingerprint density at radius 3 is 2.53 bits per heavy atom. The summed E-state index contributed by atoms with van der Waals surface area (Å²) in [7, 11) is 3.84. The van der Waals surface area contributed by atoms with Crippen LogP contribution in [0, 0.1) is 13.8 Å². The first-order valence-corrected chi connectivity index (χ1v) is 6.16. The van der Waals surface area contributed by atoms with Gasteiger partial charge in [-0.2, -0.15) is 0 Å². The fourth-order valence-corrected chi connectivity index (χ4v) is 2.09. The normalized spacial score (nSPS) is 10.4. The Labute approximate surface area is 105 Å². The Morgan fingerprint density at radius 1 is 1.24 bits per heavy atom. The maximum Gasteiger partial charge on any atom is 0.145 e. The minimum atomic E-state index is 0.762. The van der Waals surface area contributed by atoms with Crippen LogP contribution >= 0.6 is 0 Å². The predicted molar refractivity (Wildman–Crippen MR) is 74.0 cm³/mol. The first-order valence-electron chi connectivity index (χ1n) is 6.16. The molecule has 0 bridgehead atoms. The van der Waals surface area contributed by atoms with Crippen LogP contribution in [0.3, 0.4) is 0 Å². The second-order valence-corrected chi connectivity index (χ2v) is 4.55. The van der Waals surface area contributed by atoms with Crippen LogP contribution in [0.5, 0.6) is 5.75 Å². The summed E-state index contributed by atoms with van der Waals surface area (Å²) in [6.45, 7) is 5.97. The number of ether oxygens (including phenoxy) is 1. The number of anilines is 1. The summed E-state index contributed by atoms with van der Waals surface area (Å²) in [6.07, 6.45) is 2.18. The Morgan fingerprint density at radius 2 is 1.94 bits per heavy atom. The Balaban J connectivity index is 2.87. The second-order valence-electron chi connectivity index (χ2n) is 4.55. The molecule has 1 aromatic rings. The molecule has 0 aliphatic rings. The van der Waals surface area contributed by atoms with E-state index in [9.17, 15) is 0 Å². The van der Waals surface area contributed by atoms with E-state index < -0.39 is 0 Å². The van der Waals surface area contributed by atoms with Gasteiger partial charge in [-0.3, -0.25) is 0 Å². The number of aryl methyl sites for hydroxylation is 2. The molecule has 2 N–H and O–H groups in total. The first-order chi connectivity index (χ1) is 8.10. The smallest absolute Gasteiger partial charge is 0.145 e. The molecule has 0 atom stereocenters. The quantitative estimate of drug-likeness (QED) is 0.771. The minimum absolute atomic E-state index is 0.762. The molecule has 17 heavy (non-hydrogen) atoms. The molecule has 3 nitrogen and oxygen atoms in total. The van der Waals surface area contributed by atoms with Gasteiger partial charge in [0.25, 0.3) is 0 Å². The van der Waals surface area contributed by atoms with Crippen molar-refractivity contribution >= 4 is 5.69 Å². The molecule has 1 rings (SSSR count). The highest BCUT2D eigenvalue weighted by Crippen LogP contribution is 2.32. The SMILES string of the molecule is COc1c(C)cc(C)cc1N(C)CCCCN. The van der Waals surface area contributed by atoms with Gasteiger partial charge in [-0.25, -0.2) is 0 Å². The molecule has 0 spiro atoms. The van der Waals surface area contributed by atoms with E-state index in [-0.39, 0.29) is 0 Å². The molecule has 0 aromatic heterocycles. The fraction of sp³-hybridized carbons (Fsp3) is 0.571. The first kappa shape index (κ1) is 13.8. The number of nitrogens with zero attached hydrogens (tertiary/aromatic N) is 1. The second kappa shape index (κ2) is 6.50. The summed E-state index contributed by atoms with van der Waals surface area (Å²) >= 11 is 0. The van der Waals surface area contributed by atoms with Gasteiger partial charge >= 0.3 is 0 Å². The Hall–Kier alpha value is -1.22. The maximum atomic E-state index is 5.51. The Bertz CT molecular complexity index is 363. The number of benzene rings is 1. The molecule has 0 saturated carbocycles. The van der Waals surface area contributed by atoms with Gasteiger partial charge in [-0.15, -0.1) is 0 Å². The highest BCUT2D eigenvalue weighted by atomic mass is 16.5. The molecule has 0 heterocycles. The van der Waals surface area contributed by atoms with Crippen molar-refractivity contribution in [2.45, 2.75) is 26.7 Å². The molecule has 0 saturated heterocycles. The van der Waals surface area contributed by atoms with E-state index in [0.29, 0.717) is 0 Å². The van der Waals surface area contributed by atoms with E-state index in [1.54, 1.807) is 7.11 Å². The van der Waals surface area contributed by atoms with E-state index in [0.717, 1.165) is 31.7 Å². The molecule has 1 aromatic carbocycles. The molecular weight excluding hydrogens is 212 g/mol. The Kier molecular flexibility index (Phi) is 5.29. The van der Waals surface area contributed by atoms with Crippen LogP contribution < -0.4 is 15.4 Å². The number of unbranched alkanes of at least 4 members (excludes halogenated alkanes) is 1. The highest BCUT2D eigenvalue weighted by Gasteiger charge is 2.11. The van der Waals surface area contributed by atoms with Crippen molar-refractivity contribution in [3.8, 4) is 5.75 Å². The fourth-order valence-electron chi connectivity index (χ4n) is 2.09. The molecule has 0 aliphatic heterocycles. The molecule has 0 aliphatic carbocycles. The zero-order valence-corrected chi connectivity index (χ0v) is 11.4. The van der Waals surface area contributed by atoms with Crippen LogP contribution in [0.4, 0.5) is 5.69 Å². The third-order valence-corrected chi connectivity index (χ3v) is 2.96. The minimum Gasteiger partial charge on any atom is -0.494 e. The standard InChI is InChI=1S/C14H24N2O/c1-11-9-12(2)14(17-4)13(10-11)16(3)8-6-5-7-15/h9-10H,5-8,15H2,1-4H3. The van der Waals surface area contributed by atoms with Crippen molar-refractivity contribution in [3.05, 3.63) is 23.3 Å². The predicted octanol–water partition coefficient (Wildman–Crippen LogP) is 2.49. The van der Waals surface area contributed by atoms with Crippen LogP contribution in [-0.4, -0.2) is 27.2 Å². The van der Waals surface area contributed by atoms with Crippen molar-refractivity contribution in [2.75, 3.05) is 32.1 Å². The zero-order chi connectivity index (χ0) is 12.8. The summed E-state index contributed by atoms with van der Waals surface area (Å²) in [6, 6.07) is 4.32. The largest absolute Gasteiger partial charge is 0.494 e. The molecule has 0 amide bonds. The average molecular weight is 236 g/mol. The summed E-state index contributed by atoms with van der Waals surface area (Å²) in [4.78, 5) is 2.24. The topological polar surface area (TPSA) is 38.5 Å². The molecule has 96 valence electrons. The van der Waals surface area contributed by atoms with Crippen molar-refractivity contribution in [3.63, 3.8) is 0 Å². The summed E-state index contributed by atoms with van der Waals surface area (Å²) in [5.74, 6) is 0.978. The number of nitrogens with two attached hydrogens (primary N) is 1.